The number of carbonyl (C=O) groups excluding carboxylic acids is 1. The molecule has 2 heterocycles. The molecule has 0 saturated carbocycles. The average molecular weight is 298 g/mol. The molecule has 0 bridgehead atoms. The zero-order valence-electron chi connectivity index (χ0n) is 13.8. The highest BCUT2D eigenvalue weighted by Crippen LogP contribution is 2.33. The molecule has 0 aromatic rings. The lowest BCUT2D eigenvalue weighted by Gasteiger charge is -2.35. The van der Waals surface area contributed by atoms with Gasteiger partial charge in [-0.3, -0.25) is 4.79 Å². The molecule has 2 aliphatic heterocycles. The number of likely N-dealkylation sites (tertiary alicyclic amines) is 1. The lowest BCUT2D eigenvalue weighted by Crippen LogP contribution is -2.46. The van der Waals surface area contributed by atoms with E-state index in [1.165, 1.54) is 0 Å². The molecule has 1 amide bonds. The van der Waals surface area contributed by atoms with Crippen LogP contribution in [0.25, 0.3) is 0 Å². The quantitative estimate of drug-likeness (QED) is 0.840. The fourth-order valence-electron chi connectivity index (χ4n) is 3.64. The number of hydrogen-bond donors (Lipinski definition) is 1. The van der Waals surface area contributed by atoms with Crippen molar-refractivity contribution in [3.05, 3.63) is 0 Å². The van der Waals surface area contributed by atoms with E-state index in [-0.39, 0.29) is 17.9 Å². The van der Waals surface area contributed by atoms with E-state index in [4.69, 9.17) is 4.74 Å². The molecular formula is C16H30N2O3. The zero-order chi connectivity index (χ0) is 15.6. The molecular weight excluding hydrogens is 268 g/mol. The van der Waals surface area contributed by atoms with E-state index in [1.807, 2.05) is 0 Å². The van der Waals surface area contributed by atoms with Crippen LogP contribution < -0.4 is 0 Å². The van der Waals surface area contributed by atoms with Gasteiger partial charge in [-0.25, -0.2) is 0 Å². The summed E-state index contributed by atoms with van der Waals surface area (Å²) in [7, 11) is 3.93. The van der Waals surface area contributed by atoms with Gasteiger partial charge in [0.2, 0.25) is 5.91 Å². The van der Waals surface area contributed by atoms with Crippen molar-refractivity contribution in [2.45, 2.75) is 44.8 Å². The summed E-state index contributed by atoms with van der Waals surface area (Å²) in [6, 6.07) is 0. The van der Waals surface area contributed by atoms with Crippen LogP contribution in [0.1, 0.15) is 33.1 Å². The topological polar surface area (TPSA) is 53.0 Å². The molecule has 0 radical (unpaired) electrons. The molecule has 0 spiro atoms. The van der Waals surface area contributed by atoms with E-state index < -0.39 is 5.60 Å². The normalized spacial score (nSPS) is 28.8. The number of hydrogen-bond acceptors (Lipinski definition) is 4. The smallest absolute Gasteiger partial charge is 0.228 e. The molecule has 2 saturated heterocycles. The van der Waals surface area contributed by atoms with E-state index in [0.717, 1.165) is 32.4 Å². The van der Waals surface area contributed by atoms with Crippen molar-refractivity contribution in [2.75, 3.05) is 40.3 Å². The summed E-state index contributed by atoms with van der Waals surface area (Å²) in [5.41, 5.74) is -0.854. The van der Waals surface area contributed by atoms with Crippen molar-refractivity contribution in [2.24, 2.45) is 11.8 Å². The number of amides is 1. The summed E-state index contributed by atoms with van der Waals surface area (Å²) < 4.78 is 5.91. The molecule has 5 nitrogen and oxygen atoms in total. The Morgan fingerprint density at radius 2 is 1.95 bits per heavy atom. The molecule has 21 heavy (non-hydrogen) atoms. The summed E-state index contributed by atoms with van der Waals surface area (Å²) in [6.07, 6.45) is 3.10. The van der Waals surface area contributed by atoms with Gasteiger partial charge in [0, 0.05) is 20.2 Å². The Balaban J connectivity index is 1.96. The summed E-state index contributed by atoms with van der Waals surface area (Å²) in [5.74, 6) is 0.581. The van der Waals surface area contributed by atoms with E-state index in [1.54, 1.807) is 25.8 Å². The maximum Gasteiger partial charge on any atom is 0.228 e. The van der Waals surface area contributed by atoms with Crippen molar-refractivity contribution >= 4 is 5.91 Å². The summed E-state index contributed by atoms with van der Waals surface area (Å²) in [6.45, 7) is 6.69. The molecule has 1 N–H and O–H groups in total. The number of carbonyl (C=O) groups is 1. The van der Waals surface area contributed by atoms with E-state index in [9.17, 15) is 9.90 Å². The lowest BCUT2D eigenvalue weighted by atomic mass is 9.83. The number of likely N-dealkylation sites (N-methyl/N-ethyl adjacent to an activating group) is 1. The minimum Gasteiger partial charge on any atom is -0.389 e. The van der Waals surface area contributed by atoms with E-state index >= 15 is 0 Å². The first kappa shape index (κ1) is 16.7. The first-order chi connectivity index (χ1) is 9.78. The summed E-state index contributed by atoms with van der Waals surface area (Å²) >= 11 is 0. The fourth-order valence-corrected chi connectivity index (χ4v) is 3.64. The Morgan fingerprint density at radius 3 is 2.52 bits per heavy atom. The molecule has 2 atom stereocenters. The molecule has 0 aliphatic carbocycles. The Morgan fingerprint density at radius 1 is 1.33 bits per heavy atom. The Bertz CT molecular complexity index is 359. The van der Waals surface area contributed by atoms with Gasteiger partial charge in [-0.1, -0.05) is 0 Å². The van der Waals surface area contributed by atoms with Crippen LogP contribution in [-0.2, 0) is 9.53 Å². The van der Waals surface area contributed by atoms with Gasteiger partial charge in [0.15, 0.2) is 0 Å². The van der Waals surface area contributed by atoms with Gasteiger partial charge in [-0.05, 0) is 59.2 Å². The van der Waals surface area contributed by atoms with Crippen molar-refractivity contribution in [1.82, 2.24) is 9.80 Å². The third kappa shape index (κ3) is 4.41. The second kappa shape index (κ2) is 6.63. The highest BCUT2D eigenvalue weighted by atomic mass is 16.5. The van der Waals surface area contributed by atoms with E-state index in [0.29, 0.717) is 19.1 Å². The molecule has 5 heteroatoms. The number of piperidine rings is 1. The first-order valence-electron chi connectivity index (χ1n) is 8.05. The molecule has 0 aromatic heterocycles. The molecule has 2 fully saturated rings. The third-order valence-electron chi connectivity index (χ3n) is 4.68. The number of nitrogens with zero attached hydrogens (tertiary/aromatic N) is 2. The van der Waals surface area contributed by atoms with Crippen LogP contribution in [0.5, 0.6) is 0 Å². The number of rotatable bonds is 4. The Labute approximate surface area is 128 Å². The fraction of sp³-hybridized carbons (Fsp3) is 0.938. The van der Waals surface area contributed by atoms with Gasteiger partial charge in [-0.15, -0.1) is 0 Å². The highest BCUT2D eigenvalue weighted by molar-refractivity contribution is 5.79. The zero-order valence-corrected chi connectivity index (χ0v) is 13.8. The van der Waals surface area contributed by atoms with Crippen molar-refractivity contribution in [3.63, 3.8) is 0 Å². The second-order valence-electron chi connectivity index (χ2n) is 7.38. The van der Waals surface area contributed by atoms with Gasteiger partial charge in [-0.2, -0.15) is 0 Å². The van der Waals surface area contributed by atoms with Gasteiger partial charge >= 0.3 is 0 Å². The third-order valence-corrected chi connectivity index (χ3v) is 4.68. The van der Waals surface area contributed by atoms with Crippen LogP contribution in [0, 0.1) is 11.8 Å². The van der Waals surface area contributed by atoms with Crippen LogP contribution in [0.4, 0.5) is 0 Å². The lowest BCUT2D eigenvalue weighted by molar-refractivity contribution is -0.140. The van der Waals surface area contributed by atoms with Crippen LogP contribution in [0.15, 0.2) is 0 Å². The van der Waals surface area contributed by atoms with Gasteiger partial charge in [0.1, 0.15) is 0 Å². The van der Waals surface area contributed by atoms with E-state index in [2.05, 4.69) is 11.9 Å². The van der Waals surface area contributed by atoms with Crippen LogP contribution >= 0.6 is 0 Å². The second-order valence-corrected chi connectivity index (χ2v) is 7.38. The molecule has 0 unspecified atom stereocenters. The molecule has 2 rings (SSSR count). The predicted molar refractivity (Wildman–Crippen MR) is 82.0 cm³/mol. The molecule has 122 valence electrons. The van der Waals surface area contributed by atoms with Crippen molar-refractivity contribution in [3.8, 4) is 0 Å². The maximum absolute atomic E-state index is 12.7. The Hall–Kier alpha value is -0.650. The Kier molecular flexibility index (Phi) is 5.28. The maximum atomic E-state index is 12.7. The van der Waals surface area contributed by atoms with Gasteiger partial charge < -0.3 is 19.6 Å². The minimum atomic E-state index is -0.854. The standard InChI is InChI=1S/C16H30N2O3/c1-16(2,20)11-18(4)15(19)13-7-10-21-14(13)12-5-8-17(3)9-6-12/h12-14,20H,5-11H2,1-4H3/t13-,14+/m0/s1. The van der Waals surface area contributed by atoms with Gasteiger partial charge in [0.05, 0.1) is 17.6 Å². The van der Waals surface area contributed by atoms with Crippen LogP contribution in [0.2, 0.25) is 0 Å². The highest BCUT2D eigenvalue weighted by Gasteiger charge is 2.41. The predicted octanol–water partition coefficient (Wildman–Crippen LogP) is 0.963. The first-order valence-corrected chi connectivity index (χ1v) is 8.05. The minimum absolute atomic E-state index is 0.0363. The number of ether oxygens (including phenoxy) is 1. The summed E-state index contributed by atoms with van der Waals surface area (Å²) in [5, 5.41) is 9.89. The summed E-state index contributed by atoms with van der Waals surface area (Å²) in [4.78, 5) is 16.7. The average Bonchev–Trinajstić information content (AvgIpc) is 2.85. The monoisotopic (exact) mass is 298 g/mol. The largest absolute Gasteiger partial charge is 0.389 e. The number of aliphatic hydroxyl groups is 1. The molecule has 0 aromatic carbocycles. The van der Waals surface area contributed by atoms with Crippen molar-refractivity contribution in [1.29, 1.82) is 0 Å². The van der Waals surface area contributed by atoms with Crippen molar-refractivity contribution < 1.29 is 14.6 Å². The van der Waals surface area contributed by atoms with Gasteiger partial charge in [0.25, 0.3) is 0 Å². The molecule has 2 aliphatic rings. The van der Waals surface area contributed by atoms with Crippen LogP contribution in [-0.4, -0.2) is 72.9 Å². The SMILES string of the molecule is CN1CCC([C@H]2OCC[C@@H]2C(=O)N(C)CC(C)(C)O)CC1. The van der Waals surface area contributed by atoms with Crippen LogP contribution in [0.3, 0.4) is 0 Å².